The number of hydrogen-bond donors (Lipinski definition) is 4. The minimum Gasteiger partial charge on any atom is -0.315 e. The van der Waals surface area contributed by atoms with E-state index in [4.69, 9.17) is 17.3 Å². The van der Waals surface area contributed by atoms with Crippen LogP contribution in [0.1, 0.15) is 0 Å². The smallest absolute Gasteiger partial charge is 0.315 e. The topological polar surface area (TPSA) is 117 Å². The van der Waals surface area contributed by atoms with Crippen LogP contribution < -0.4 is 28.5 Å². The van der Waals surface area contributed by atoms with Crippen LogP contribution in [0.5, 0.6) is 0 Å². The van der Waals surface area contributed by atoms with Gasteiger partial charge in [0.25, 0.3) is 0 Å². The van der Waals surface area contributed by atoms with Crippen molar-refractivity contribution in [1.29, 1.82) is 0 Å². The number of hydrazine groups is 1. The summed E-state index contributed by atoms with van der Waals surface area (Å²) in [4.78, 5) is 11.2. The molecule has 12 heavy (non-hydrogen) atoms. The van der Waals surface area contributed by atoms with Crippen molar-refractivity contribution < 1.29 is 0 Å². The van der Waals surface area contributed by atoms with E-state index in [2.05, 4.69) is 5.53 Å². The molecule has 7 N–H and O–H groups in total. The minimum absolute atomic E-state index is 0.271. The van der Waals surface area contributed by atoms with Crippen molar-refractivity contribution in [2.24, 2.45) is 17.3 Å². The van der Waals surface area contributed by atoms with E-state index in [-0.39, 0.29) is 12.2 Å². The van der Waals surface area contributed by atoms with E-state index in [1.54, 1.807) is 6.20 Å². The molecule has 0 aliphatic rings. The normalized spacial score (nSPS) is 10.7. The maximum atomic E-state index is 11.2. The second kappa shape index (κ2) is 3.39. The maximum absolute atomic E-state index is 11.2. The lowest BCUT2D eigenvalue weighted by molar-refractivity contribution is 0.549. The molecule has 0 saturated heterocycles. The van der Waals surface area contributed by atoms with Gasteiger partial charge in [-0.1, -0.05) is 0 Å². The van der Waals surface area contributed by atoms with Gasteiger partial charge in [0.2, 0.25) is 0 Å². The van der Waals surface area contributed by atoms with Crippen molar-refractivity contribution in [3.8, 4) is 0 Å². The Morgan fingerprint density at radius 2 is 2.17 bits per heavy atom. The molecule has 0 atom stereocenters. The first-order valence-electron chi connectivity index (χ1n) is 3.40. The van der Waals surface area contributed by atoms with Gasteiger partial charge in [0.05, 0.1) is 12.7 Å². The van der Waals surface area contributed by atoms with E-state index in [1.165, 1.54) is 10.8 Å². The summed E-state index contributed by atoms with van der Waals surface area (Å²) in [6.07, 6.45) is 2.50. The second-order valence-corrected chi connectivity index (χ2v) is 2.40. The van der Waals surface area contributed by atoms with Crippen LogP contribution in [0.3, 0.4) is 0 Å². The molecule has 1 rings (SSSR count). The number of hydrogen-bond acceptors (Lipinski definition) is 5. The Labute approximate surface area is 68.7 Å². The van der Waals surface area contributed by atoms with Gasteiger partial charge in [0.15, 0.2) is 0 Å². The van der Waals surface area contributed by atoms with E-state index in [1.807, 2.05) is 0 Å². The van der Waals surface area contributed by atoms with Gasteiger partial charge in [-0.2, -0.15) is 0 Å². The lowest BCUT2D eigenvalue weighted by Crippen LogP contribution is -2.40. The number of imidazole rings is 1. The molecule has 0 fully saturated rings. The van der Waals surface area contributed by atoms with E-state index in [9.17, 15) is 4.79 Å². The summed E-state index contributed by atoms with van der Waals surface area (Å²) in [5.41, 5.74) is 12.5. The Bertz CT molecular complexity index is 299. The highest BCUT2D eigenvalue weighted by molar-refractivity contribution is 4.83. The zero-order valence-corrected chi connectivity index (χ0v) is 6.47. The average molecular weight is 172 g/mol. The van der Waals surface area contributed by atoms with Crippen LogP contribution in [-0.2, 0) is 6.54 Å². The Kier molecular flexibility index (Phi) is 2.48. The third kappa shape index (κ3) is 1.64. The molecule has 1 aromatic heterocycles. The minimum atomic E-state index is -0.545. The van der Waals surface area contributed by atoms with Crippen LogP contribution in [-0.4, -0.2) is 15.4 Å². The summed E-state index contributed by atoms with van der Waals surface area (Å²) in [7, 11) is 0. The molecule has 68 valence electrons. The first-order valence-corrected chi connectivity index (χ1v) is 3.40. The van der Waals surface area contributed by atoms with Gasteiger partial charge in [0.1, 0.15) is 0 Å². The monoisotopic (exact) mass is 172 g/mol. The standard InChI is InChI=1S/C5H12N6O/c6-4(7)3-10-1-2-11(9-8)5(10)12/h1-2,4,9H,3,6-8H2. The molecular weight excluding hydrogens is 160 g/mol. The van der Waals surface area contributed by atoms with Crippen molar-refractivity contribution in [2.75, 3.05) is 5.53 Å². The number of aromatic nitrogens is 2. The summed E-state index contributed by atoms with van der Waals surface area (Å²) < 4.78 is 2.49. The summed E-state index contributed by atoms with van der Waals surface area (Å²) in [6.45, 7) is 0.271. The molecule has 0 radical (unpaired) electrons. The Hall–Kier alpha value is -1.31. The van der Waals surface area contributed by atoms with E-state index >= 15 is 0 Å². The molecule has 0 unspecified atom stereocenters. The molecule has 1 heterocycles. The molecule has 0 spiro atoms. The van der Waals surface area contributed by atoms with Gasteiger partial charge in [-0.05, 0) is 0 Å². The molecule has 1 aromatic rings. The van der Waals surface area contributed by atoms with Crippen LogP contribution >= 0.6 is 0 Å². The van der Waals surface area contributed by atoms with Gasteiger partial charge in [-0.15, -0.1) is 0 Å². The number of nitrogen functional groups attached to an aromatic ring is 1. The average Bonchev–Trinajstić information content (AvgIpc) is 2.32. The zero-order valence-electron chi connectivity index (χ0n) is 6.47. The van der Waals surface area contributed by atoms with Gasteiger partial charge in [-0.25, -0.2) is 15.3 Å². The maximum Gasteiger partial charge on any atom is 0.347 e. The second-order valence-electron chi connectivity index (χ2n) is 2.40. The molecular formula is C5H12N6O. The molecule has 0 bridgehead atoms. The summed E-state index contributed by atoms with van der Waals surface area (Å²) >= 11 is 0. The molecule has 0 aromatic carbocycles. The number of nitrogens with two attached hydrogens (primary N) is 3. The van der Waals surface area contributed by atoms with Crippen molar-refractivity contribution >= 4 is 0 Å². The lowest BCUT2D eigenvalue weighted by Gasteiger charge is -2.04. The van der Waals surface area contributed by atoms with Gasteiger partial charge < -0.3 is 11.5 Å². The summed E-state index contributed by atoms with van der Waals surface area (Å²) in [6, 6.07) is 0. The van der Waals surface area contributed by atoms with Crippen LogP contribution in [0.4, 0.5) is 0 Å². The van der Waals surface area contributed by atoms with E-state index in [0.717, 1.165) is 4.68 Å². The highest BCUT2D eigenvalue weighted by Crippen LogP contribution is 1.81. The van der Waals surface area contributed by atoms with Crippen molar-refractivity contribution in [2.45, 2.75) is 12.7 Å². The molecule has 0 aliphatic heterocycles. The Morgan fingerprint density at radius 1 is 1.50 bits per heavy atom. The van der Waals surface area contributed by atoms with Gasteiger partial charge in [-0.3, -0.25) is 10.1 Å². The molecule has 7 nitrogen and oxygen atoms in total. The van der Waals surface area contributed by atoms with Crippen LogP contribution in [0.25, 0.3) is 0 Å². The number of nitrogens with one attached hydrogen (secondary N) is 1. The van der Waals surface area contributed by atoms with Crippen molar-refractivity contribution in [1.82, 2.24) is 9.24 Å². The first-order chi connectivity index (χ1) is 5.65. The summed E-state index contributed by atoms with van der Waals surface area (Å²) in [5, 5.41) is 0. The van der Waals surface area contributed by atoms with Crippen LogP contribution in [0.15, 0.2) is 17.2 Å². The highest BCUT2D eigenvalue weighted by atomic mass is 16.2. The Balaban J connectivity index is 2.88. The third-order valence-corrected chi connectivity index (χ3v) is 1.39. The highest BCUT2D eigenvalue weighted by Gasteiger charge is 2.02. The van der Waals surface area contributed by atoms with Crippen molar-refractivity contribution in [3.63, 3.8) is 0 Å². The third-order valence-electron chi connectivity index (χ3n) is 1.39. The summed E-state index contributed by atoms with van der Waals surface area (Å²) in [5.74, 6) is 5.03. The van der Waals surface area contributed by atoms with Crippen LogP contribution in [0, 0.1) is 0 Å². The van der Waals surface area contributed by atoms with Gasteiger partial charge >= 0.3 is 5.69 Å². The quantitative estimate of drug-likeness (QED) is 0.225. The fourth-order valence-electron chi connectivity index (χ4n) is 0.877. The number of rotatable bonds is 3. The first kappa shape index (κ1) is 8.78. The van der Waals surface area contributed by atoms with Crippen molar-refractivity contribution in [3.05, 3.63) is 22.9 Å². The number of nitrogens with zero attached hydrogens (tertiary/aromatic N) is 2. The predicted molar refractivity (Wildman–Crippen MR) is 44.4 cm³/mol. The van der Waals surface area contributed by atoms with Crippen LogP contribution in [0.2, 0.25) is 0 Å². The van der Waals surface area contributed by atoms with E-state index < -0.39 is 6.17 Å². The Morgan fingerprint density at radius 3 is 2.58 bits per heavy atom. The largest absolute Gasteiger partial charge is 0.347 e. The fourth-order valence-corrected chi connectivity index (χ4v) is 0.877. The molecule has 0 aliphatic carbocycles. The molecule has 7 heteroatoms. The lowest BCUT2D eigenvalue weighted by atomic mass is 10.5. The van der Waals surface area contributed by atoms with E-state index in [0.29, 0.717) is 0 Å². The molecule has 0 amide bonds. The zero-order chi connectivity index (χ0) is 9.14. The molecule has 0 saturated carbocycles. The predicted octanol–water partition coefficient (Wildman–Crippen LogP) is -2.69. The fraction of sp³-hybridized carbons (Fsp3) is 0.400. The SMILES string of the molecule is NNn1ccn(CC(N)N)c1=O. The van der Waals surface area contributed by atoms with Gasteiger partial charge in [0, 0.05) is 12.4 Å².